The summed E-state index contributed by atoms with van der Waals surface area (Å²) in [7, 11) is 1.41. The highest BCUT2D eigenvalue weighted by atomic mass is 19.4. The molecule has 21 heavy (non-hydrogen) atoms. The summed E-state index contributed by atoms with van der Waals surface area (Å²) in [6.07, 6.45) is -4.61. The second kappa shape index (κ2) is 5.12. The number of nitrogens with one attached hydrogen (secondary N) is 1. The van der Waals surface area contributed by atoms with Crippen LogP contribution in [0.25, 0.3) is 0 Å². The fourth-order valence-corrected chi connectivity index (χ4v) is 1.82. The summed E-state index contributed by atoms with van der Waals surface area (Å²) in [5.41, 5.74) is -2.41. The van der Waals surface area contributed by atoms with Crippen LogP contribution in [-0.2, 0) is 13.2 Å². The van der Waals surface area contributed by atoms with Gasteiger partial charge in [0.15, 0.2) is 0 Å². The molecule has 0 bridgehead atoms. The summed E-state index contributed by atoms with van der Waals surface area (Å²) >= 11 is 0. The Morgan fingerprint density at radius 1 is 1.29 bits per heavy atom. The Balaban J connectivity index is 2.40. The van der Waals surface area contributed by atoms with Crippen molar-refractivity contribution in [3.63, 3.8) is 0 Å². The second-order valence-corrected chi connectivity index (χ2v) is 4.33. The fourth-order valence-electron chi connectivity index (χ4n) is 1.82. The lowest BCUT2D eigenvalue weighted by Gasteiger charge is -2.12. The van der Waals surface area contributed by atoms with Crippen molar-refractivity contribution in [2.75, 3.05) is 5.32 Å². The third kappa shape index (κ3) is 2.83. The zero-order valence-corrected chi connectivity index (χ0v) is 11.1. The van der Waals surface area contributed by atoms with Gasteiger partial charge >= 0.3 is 11.8 Å². The van der Waals surface area contributed by atoms with E-state index in [1.165, 1.54) is 26.1 Å². The highest BCUT2D eigenvalue weighted by Gasteiger charge is 2.34. The molecule has 2 aromatic rings. The zero-order valence-electron chi connectivity index (χ0n) is 11.1. The van der Waals surface area contributed by atoms with Crippen LogP contribution in [0.4, 0.5) is 18.9 Å². The molecule has 0 aliphatic heterocycles. The summed E-state index contributed by atoms with van der Waals surface area (Å²) in [5.74, 6) is -0.946. The predicted molar refractivity (Wildman–Crippen MR) is 68.1 cm³/mol. The Hall–Kier alpha value is -2.51. The molecule has 1 aromatic heterocycles. The first-order valence-corrected chi connectivity index (χ1v) is 5.86. The van der Waals surface area contributed by atoms with E-state index in [1.54, 1.807) is 0 Å². The lowest BCUT2D eigenvalue weighted by atomic mass is 10.1. The summed E-state index contributed by atoms with van der Waals surface area (Å²) < 4.78 is 44.2. The van der Waals surface area contributed by atoms with E-state index in [9.17, 15) is 22.8 Å². The van der Waals surface area contributed by atoms with Crippen molar-refractivity contribution in [1.29, 1.82) is 0 Å². The molecule has 0 aliphatic rings. The highest BCUT2D eigenvalue weighted by molar-refractivity contribution is 6.05. The van der Waals surface area contributed by atoms with Crippen LogP contribution in [-0.4, -0.2) is 10.6 Å². The Morgan fingerprint density at radius 2 is 1.90 bits per heavy atom. The fraction of sp³-hybridized carbons (Fsp3) is 0.231. The number of alkyl halides is 3. The summed E-state index contributed by atoms with van der Waals surface area (Å²) in [5, 5.41) is 2.10. The number of aromatic nitrogens is 1. The first kappa shape index (κ1) is 14.9. The Morgan fingerprint density at radius 3 is 2.43 bits per heavy atom. The molecule has 1 aromatic carbocycles. The molecule has 0 unspecified atom stereocenters. The molecule has 0 fully saturated rings. The molecule has 0 saturated heterocycles. The molecule has 0 aliphatic carbocycles. The standard InChI is InChI=1S/C13H11F3N2O3/c1-7-10(12(20)21-18(7)2)11(19)17-9-6-4-3-5-8(9)13(14,15)16/h3-6H,1-2H3,(H,17,19). The van der Waals surface area contributed by atoms with Crippen molar-refractivity contribution in [3.05, 3.63) is 51.5 Å². The largest absolute Gasteiger partial charge is 0.418 e. The van der Waals surface area contributed by atoms with E-state index in [2.05, 4.69) is 9.84 Å². The van der Waals surface area contributed by atoms with Crippen LogP contribution in [0, 0.1) is 6.92 Å². The van der Waals surface area contributed by atoms with Gasteiger partial charge in [-0.2, -0.15) is 13.2 Å². The summed E-state index contributed by atoms with van der Waals surface area (Å²) in [4.78, 5) is 23.5. The van der Waals surface area contributed by atoms with E-state index in [-0.39, 0.29) is 11.3 Å². The maximum absolute atomic E-state index is 12.8. The summed E-state index contributed by atoms with van der Waals surface area (Å²) in [6.45, 7) is 1.45. The molecule has 0 atom stereocenters. The molecule has 0 saturated carbocycles. The minimum atomic E-state index is -4.61. The van der Waals surface area contributed by atoms with Gasteiger partial charge in [-0.3, -0.25) is 4.79 Å². The second-order valence-electron chi connectivity index (χ2n) is 4.33. The van der Waals surface area contributed by atoms with Crippen molar-refractivity contribution in [1.82, 2.24) is 4.74 Å². The zero-order chi connectivity index (χ0) is 15.8. The van der Waals surface area contributed by atoms with Crippen LogP contribution in [0.15, 0.2) is 33.6 Å². The molecule has 1 N–H and O–H groups in total. The van der Waals surface area contributed by atoms with E-state index in [0.29, 0.717) is 0 Å². The minimum absolute atomic E-state index is 0.224. The molecular weight excluding hydrogens is 289 g/mol. The number of hydrogen-bond donors (Lipinski definition) is 1. The van der Waals surface area contributed by atoms with Gasteiger partial charge in [-0.15, -0.1) is 0 Å². The maximum atomic E-state index is 12.8. The van der Waals surface area contributed by atoms with Gasteiger partial charge in [-0.1, -0.05) is 12.1 Å². The first-order chi connectivity index (χ1) is 9.71. The van der Waals surface area contributed by atoms with Crippen LogP contribution < -0.4 is 10.9 Å². The van der Waals surface area contributed by atoms with Gasteiger partial charge in [0.25, 0.3) is 5.91 Å². The minimum Gasteiger partial charge on any atom is -0.336 e. The van der Waals surface area contributed by atoms with E-state index in [1.807, 2.05) is 0 Å². The molecule has 5 nitrogen and oxygen atoms in total. The van der Waals surface area contributed by atoms with E-state index < -0.39 is 29.0 Å². The molecule has 1 heterocycles. The number of hydrogen-bond acceptors (Lipinski definition) is 3. The van der Waals surface area contributed by atoms with Gasteiger partial charge in [-0.05, 0) is 19.1 Å². The number of halogens is 3. The average molecular weight is 300 g/mol. The van der Waals surface area contributed by atoms with Gasteiger partial charge in [0.1, 0.15) is 5.56 Å². The van der Waals surface area contributed by atoms with E-state index in [0.717, 1.165) is 16.9 Å². The number of aryl methyl sites for hydroxylation is 1. The van der Waals surface area contributed by atoms with Crippen LogP contribution in [0.3, 0.4) is 0 Å². The smallest absolute Gasteiger partial charge is 0.336 e. The lowest BCUT2D eigenvalue weighted by Crippen LogP contribution is -2.21. The molecular formula is C13H11F3N2O3. The quantitative estimate of drug-likeness (QED) is 0.927. The van der Waals surface area contributed by atoms with Crippen LogP contribution in [0.5, 0.6) is 0 Å². The summed E-state index contributed by atoms with van der Waals surface area (Å²) in [6, 6.07) is 4.52. The van der Waals surface area contributed by atoms with Gasteiger partial charge < -0.3 is 9.84 Å². The van der Waals surface area contributed by atoms with Crippen molar-refractivity contribution >= 4 is 11.6 Å². The average Bonchev–Trinajstić information content (AvgIpc) is 2.62. The number of para-hydroxylation sites is 1. The highest BCUT2D eigenvalue weighted by Crippen LogP contribution is 2.34. The maximum Gasteiger partial charge on any atom is 0.418 e. The van der Waals surface area contributed by atoms with E-state index in [4.69, 9.17) is 0 Å². The van der Waals surface area contributed by atoms with Crippen molar-refractivity contribution in [2.45, 2.75) is 13.1 Å². The first-order valence-electron chi connectivity index (χ1n) is 5.86. The Bertz CT molecular complexity index is 744. The van der Waals surface area contributed by atoms with E-state index >= 15 is 0 Å². The monoisotopic (exact) mass is 300 g/mol. The molecule has 0 spiro atoms. The molecule has 8 heteroatoms. The van der Waals surface area contributed by atoms with Gasteiger partial charge in [0.05, 0.1) is 16.9 Å². The Kier molecular flexibility index (Phi) is 3.63. The predicted octanol–water partition coefficient (Wildman–Crippen LogP) is 2.56. The third-order valence-corrected chi connectivity index (χ3v) is 2.97. The normalized spacial score (nSPS) is 11.5. The van der Waals surface area contributed by atoms with Crippen molar-refractivity contribution < 1.29 is 22.5 Å². The number of rotatable bonds is 2. The number of amides is 1. The molecule has 112 valence electrons. The number of anilines is 1. The molecule has 0 radical (unpaired) electrons. The lowest BCUT2D eigenvalue weighted by molar-refractivity contribution is -0.136. The van der Waals surface area contributed by atoms with Crippen LogP contribution >= 0.6 is 0 Å². The molecule has 1 amide bonds. The Labute approximate surface area is 116 Å². The van der Waals surface area contributed by atoms with Crippen LogP contribution in [0.1, 0.15) is 21.6 Å². The number of carbonyl (C=O) groups excluding carboxylic acids is 1. The number of benzene rings is 1. The van der Waals surface area contributed by atoms with Crippen molar-refractivity contribution in [2.24, 2.45) is 7.05 Å². The van der Waals surface area contributed by atoms with Gasteiger partial charge in [0, 0.05) is 7.05 Å². The van der Waals surface area contributed by atoms with Gasteiger partial charge in [-0.25, -0.2) is 9.53 Å². The van der Waals surface area contributed by atoms with Crippen molar-refractivity contribution in [3.8, 4) is 0 Å². The number of carbonyl (C=O) groups is 1. The third-order valence-electron chi connectivity index (χ3n) is 2.97. The SMILES string of the molecule is Cc1c(C(=O)Nc2ccccc2C(F)(F)F)c(=O)on1C. The topological polar surface area (TPSA) is 64.2 Å². The van der Waals surface area contributed by atoms with Crippen LogP contribution in [0.2, 0.25) is 0 Å². The molecule has 2 rings (SSSR count). The number of nitrogens with zero attached hydrogens (tertiary/aromatic N) is 1. The van der Waals surface area contributed by atoms with Gasteiger partial charge in [0.2, 0.25) is 0 Å².